The summed E-state index contributed by atoms with van der Waals surface area (Å²) in [5.41, 5.74) is 1.14. The second-order valence-corrected chi connectivity index (χ2v) is 6.79. The van der Waals surface area contributed by atoms with Gasteiger partial charge >= 0.3 is 6.18 Å². The van der Waals surface area contributed by atoms with Crippen molar-refractivity contribution in [3.63, 3.8) is 0 Å². The van der Waals surface area contributed by atoms with E-state index in [9.17, 15) is 18.0 Å². The van der Waals surface area contributed by atoms with E-state index in [0.29, 0.717) is 37.6 Å². The van der Waals surface area contributed by atoms with Crippen LogP contribution >= 0.6 is 0 Å². The SMILES string of the molecule is O=C(Nc1ccc(C(F)(F)F)cc1)C1CCN(c2nc3ccccc3o2)CC1. The Kier molecular flexibility index (Phi) is 4.70. The molecular formula is C20H18F3N3O2. The lowest BCUT2D eigenvalue weighted by molar-refractivity contribution is -0.137. The molecule has 1 fully saturated rings. The zero-order chi connectivity index (χ0) is 19.7. The summed E-state index contributed by atoms with van der Waals surface area (Å²) in [4.78, 5) is 18.9. The van der Waals surface area contributed by atoms with E-state index in [0.717, 1.165) is 23.2 Å². The van der Waals surface area contributed by atoms with Crippen LogP contribution in [0.5, 0.6) is 0 Å². The third-order valence-electron chi connectivity index (χ3n) is 4.90. The molecule has 0 unspecified atom stereocenters. The minimum atomic E-state index is -4.39. The quantitative estimate of drug-likeness (QED) is 0.705. The maximum atomic E-state index is 12.6. The molecule has 8 heteroatoms. The molecule has 5 nitrogen and oxygen atoms in total. The summed E-state index contributed by atoms with van der Waals surface area (Å²) in [6.07, 6.45) is -3.16. The van der Waals surface area contributed by atoms with Gasteiger partial charge < -0.3 is 14.6 Å². The third-order valence-corrected chi connectivity index (χ3v) is 4.90. The fraction of sp³-hybridized carbons (Fsp3) is 0.300. The number of hydrogen-bond donors (Lipinski definition) is 1. The standard InChI is InChI=1S/C20H18F3N3O2/c21-20(22,23)14-5-7-15(8-6-14)24-18(27)13-9-11-26(12-10-13)19-25-16-3-1-2-4-17(16)28-19/h1-8,13H,9-12H2,(H,24,27). The Balaban J connectivity index is 1.35. The lowest BCUT2D eigenvalue weighted by Gasteiger charge is -2.30. The average Bonchev–Trinajstić information content (AvgIpc) is 3.12. The molecule has 0 saturated carbocycles. The predicted molar refractivity (Wildman–Crippen MR) is 99.0 cm³/mol. The molecule has 0 aliphatic carbocycles. The van der Waals surface area contributed by atoms with Crippen LogP contribution in [-0.2, 0) is 11.0 Å². The van der Waals surface area contributed by atoms with Gasteiger partial charge in [0.05, 0.1) is 5.56 Å². The van der Waals surface area contributed by atoms with Crippen LogP contribution < -0.4 is 10.2 Å². The van der Waals surface area contributed by atoms with Crippen molar-refractivity contribution in [1.29, 1.82) is 0 Å². The summed E-state index contributed by atoms with van der Waals surface area (Å²) in [5, 5.41) is 2.70. The van der Waals surface area contributed by atoms with Crippen LogP contribution in [0.1, 0.15) is 18.4 Å². The highest BCUT2D eigenvalue weighted by Gasteiger charge is 2.30. The summed E-state index contributed by atoms with van der Waals surface area (Å²) in [5.74, 6) is -0.389. The number of para-hydroxylation sites is 2. The number of benzene rings is 2. The van der Waals surface area contributed by atoms with Crippen LogP contribution in [0.15, 0.2) is 52.9 Å². The summed E-state index contributed by atoms with van der Waals surface area (Å²) >= 11 is 0. The molecule has 0 spiro atoms. The van der Waals surface area contributed by atoms with E-state index in [1.807, 2.05) is 29.2 Å². The lowest BCUT2D eigenvalue weighted by atomic mass is 9.96. The highest BCUT2D eigenvalue weighted by Crippen LogP contribution is 2.30. The number of rotatable bonds is 3. The third kappa shape index (κ3) is 3.81. The Morgan fingerprint density at radius 3 is 2.39 bits per heavy atom. The number of amides is 1. The van der Waals surface area contributed by atoms with Crippen molar-refractivity contribution in [2.24, 2.45) is 5.92 Å². The fourth-order valence-electron chi connectivity index (χ4n) is 3.32. The first-order chi connectivity index (χ1) is 13.4. The number of hydrogen-bond acceptors (Lipinski definition) is 4. The topological polar surface area (TPSA) is 58.4 Å². The normalized spacial score (nSPS) is 15.8. The molecule has 3 aromatic rings. The first-order valence-electron chi connectivity index (χ1n) is 8.99. The van der Waals surface area contributed by atoms with Gasteiger partial charge in [0.25, 0.3) is 6.01 Å². The van der Waals surface area contributed by atoms with Gasteiger partial charge in [-0.1, -0.05) is 12.1 Å². The molecule has 28 heavy (non-hydrogen) atoms. The van der Waals surface area contributed by atoms with Crippen molar-refractivity contribution in [1.82, 2.24) is 4.98 Å². The Morgan fingerprint density at radius 2 is 1.75 bits per heavy atom. The highest BCUT2D eigenvalue weighted by molar-refractivity contribution is 5.92. The highest BCUT2D eigenvalue weighted by atomic mass is 19.4. The van der Waals surface area contributed by atoms with E-state index in [1.165, 1.54) is 12.1 Å². The largest absolute Gasteiger partial charge is 0.423 e. The maximum Gasteiger partial charge on any atom is 0.416 e. The first kappa shape index (κ1) is 18.3. The summed E-state index contributed by atoms with van der Waals surface area (Å²) in [7, 11) is 0. The van der Waals surface area contributed by atoms with Crippen molar-refractivity contribution in [3.05, 3.63) is 54.1 Å². The minimum absolute atomic E-state index is 0.183. The van der Waals surface area contributed by atoms with Crippen LogP contribution in [0.25, 0.3) is 11.1 Å². The molecule has 1 amide bonds. The van der Waals surface area contributed by atoms with E-state index in [2.05, 4.69) is 10.3 Å². The number of nitrogens with zero attached hydrogens (tertiary/aromatic N) is 2. The molecule has 2 aromatic carbocycles. The number of nitrogens with one attached hydrogen (secondary N) is 1. The predicted octanol–water partition coefficient (Wildman–Crippen LogP) is 4.70. The monoisotopic (exact) mass is 389 g/mol. The zero-order valence-electron chi connectivity index (χ0n) is 14.9. The van der Waals surface area contributed by atoms with Crippen LogP contribution in [0.2, 0.25) is 0 Å². The van der Waals surface area contributed by atoms with E-state index in [4.69, 9.17) is 4.42 Å². The number of carbonyl (C=O) groups is 1. The Labute approximate surface area is 159 Å². The van der Waals surface area contributed by atoms with Crippen molar-refractivity contribution in [3.8, 4) is 0 Å². The van der Waals surface area contributed by atoms with E-state index in [-0.39, 0.29) is 11.8 Å². The van der Waals surface area contributed by atoms with Crippen molar-refractivity contribution in [2.45, 2.75) is 19.0 Å². The smallest absolute Gasteiger partial charge is 0.416 e. The molecule has 1 aromatic heterocycles. The van der Waals surface area contributed by atoms with Gasteiger partial charge in [0, 0.05) is 24.7 Å². The van der Waals surface area contributed by atoms with Crippen molar-refractivity contribution < 1.29 is 22.4 Å². The number of alkyl halides is 3. The first-order valence-corrected chi connectivity index (χ1v) is 8.99. The van der Waals surface area contributed by atoms with Gasteiger partial charge in [-0.15, -0.1) is 0 Å². The van der Waals surface area contributed by atoms with Crippen LogP contribution in [0.3, 0.4) is 0 Å². The van der Waals surface area contributed by atoms with Gasteiger partial charge in [0.15, 0.2) is 5.58 Å². The van der Waals surface area contributed by atoms with Gasteiger partial charge in [0.2, 0.25) is 5.91 Å². The molecule has 1 aliphatic heterocycles. The maximum absolute atomic E-state index is 12.6. The van der Waals surface area contributed by atoms with Gasteiger partial charge in [-0.25, -0.2) is 0 Å². The Hall–Kier alpha value is -3.03. The van der Waals surface area contributed by atoms with Gasteiger partial charge in [0.1, 0.15) is 5.52 Å². The number of oxazole rings is 1. The molecular weight excluding hydrogens is 371 g/mol. The van der Waals surface area contributed by atoms with Crippen LogP contribution in [-0.4, -0.2) is 24.0 Å². The molecule has 0 radical (unpaired) electrons. The molecule has 146 valence electrons. The molecule has 1 saturated heterocycles. The summed E-state index contributed by atoms with van der Waals surface area (Å²) in [6.45, 7) is 1.25. The molecule has 0 atom stereocenters. The molecule has 2 heterocycles. The fourth-order valence-corrected chi connectivity index (χ4v) is 3.32. The van der Waals surface area contributed by atoms with Gasteiger partial charge in [-0.2, -0.15) is 18.2 Å². The number of anilines is 2. The molecule has 4 rings (SSSR count). The van der Waals surface area contributed by atoms with Gasteiger partial charge in [-0.05, 0) is 49.2 Å². The van der Waals surface area contributed by atoms with Crippen molar-refractivity contribution >= 4 is 28.7 Å². The number of piperidine rings is 1. The van der Waals surface area contributed by atoms with Crippen LogP contribution in [0.4, 0.5) is 24.9 Å². The van der Waals surface area contributed by atoms with Crippen LogP contribution in [0, 0.1) is 5.92 Å². The Bertz CT molecular complexity index is 941. The second kappa shape index (κ2) is 7.18. The molecule has 0 bridgehead atoms. The van der Waals surface area contributed by atoms with Crippen molar-refractivity contribution in [2.75, 3.05) is 23.3 Å². The average molecular weight is 389 g/mol. The number of carbonyl (C=O) groups excluding carboxylic acids is 1. The molecule has 1 N–H and O–H groups in total. The zero-order valence-corrected chi connectivity index (χ0v) is 14.9. The molecule has 1 aliphatic rings. The van der Waals surface area contributed by atoms with E-state index in [1.54, 1.807) is 0 Å². The summed E-state index contributed by atoms with van der Waals surface area (Å²) < 4.78 is 43.6. The number of aromatic nitrogens is 1. The van der Waals surface area contributed by atoms with Gasteiger partial charge in [-0.3, -0.25) is 4.79 Å². The number of halogens is 3. The van der Waals surface area contributed by atoms with E-state index >= 15 is 0 Å². The Morgan fingerprint density at radius 1 is 1.07 bits per heavy atom. The lowest BCUT2D eigenvalue weighted by Crippen LogP contribution is -2.38. The van der Waals surface area contributed by atoms with E-state index < -0.39 is 11.7 Å². The number of fused-ring (bicyclic) bond motifs is 1. The minimum Gasteiger partial charge on any atom is -0.423 e. The second-order valence-electron chi connectivity index (χ2n) is 6.79. The summed E-state index contributed by atoms with van der Waals surface area (Å²) in [6, 6.07) is 12.5.